The molecule has 0 radical (unpaired) electrons. The summed E-state index contributed by atoms with van der Waals surface area (Å²) >= 11 is 1.55. The van der Waals surface area contributed by atoms with Gasteiger partial charge < -0.3 is 14.5 Å². The van der Waals surface area contributed by atoms with Crippen LogP contribution in [0.15, 0.2) is 24.3 Å². The van der Waals surface area contributed by atoms with Gasteiger partial charge in [-0.1, -0.05) is 18.2 Å². The van der Waals surface area contributed by atoms with E-state index < -0.39 is 0 Å². The first-order chi connectivity index (χ1) is 12.4. The molecule has 0 unspecified atom stereocenters. The van der Waals surface area contributed by atoms with Gasteiger partial charge in [0.25, 0.3) is 5.91 Å². The zero-order valence-electron chi connectivity index (χ0n) is 15.8. The van der Waals surface area contributed by atoms with E-state index in [1.54, 1.807) is 30.3 Å². The second-order valence-electron chi connectivity index (χ2n) is 7.23. The summed E-state index contributed by atoms with van der Waals surface area (Å²) in [5.41, 5.74) is 1.10. The lowest BCUT2D eigenvalue weighted by molar-refractivity contribution is -0.136. The molecule has 1 saturated heterocycles. The maximum absolute atomic E-state index is 12.7. The highest BCUT2D eigenvalue weighted by Gasteiger charge is 2.32. The molecular weight excluding hydrogens is 348 g/mol. The van der Waals surface area contributed by atoms with Gasteiger partial charge in [-0.3, -0.25) is 9.59 Å². The Balaban J connectivity index is 1.87. The lowest BCUT2D eigenvalue weighted by atomic mass is 9.95. The topological polar surface area (TPSA) is 49.9 Å². The number of benzene rings is 1. The van der Waals surface area contributed by atoms with E-state index >= 15 is 0 Å². The quantitative estimate of drug-likeness (QED) is 0.806. The van der Waals surface area contributed by atoms with Gasteiger partial charge in [0.2, 0.25) is 5.91 Å². The van der Waals surface area contributed by atoms with Crippen LogP contribution in [0.25, 0.3) is 10.1 Å². The van der Waals surface area contributed by atoms with Gasteiger partial charge in [-0.2, -0.15) is 0 Å². The third kappa shape index (κ3) is 3.76. The van der Waals surface area contributed by atoms with Crippen molar-refractivity contribution in [2.24, 2.45) is 0 Å². The molecule has 0 spiro atoms. The van der Waals surface area contributed by atoms with E-state index in [1.165, 1.54) is 0 Å². The SMILES string of the molecule is CC(C)OCC(=O)N1CC[C@H](c2c(C(=O)N(C)C)sc3ccccc23)C1. The molecule has 2 amide bonds. The summed E-state index contributed by atoms with van der Waals surface area (Å²) in [5, 5.41) is 1.14. The van der Waals surface area contributed by atoms with Gasteiger partial charge in [-0.05, 0) is 37.3 Å². The van der Waals surface area contributed by atoms with Crippen LogP contribution in [0.1, 0.15) is 41.4 Å². The zero-order valence-corrected chi connectivity index (χ0v) is 16.6. The number of rotatable bonds is 5. The standard InChI is InChI=1S/C20H26N2O3S/c1-13(2)25-12-17(23)22-10-9-14(11-22)18-15-7-5-6-8-16(15)26-19(18)20(24)21(3)4/h5-8,13-14H,9-12H2,1-4H3/t14-/m0/s1. The molecule has 1 aliphatic heterocycles. The van der Waals surface area contributed by atoms with E-state index in [1.807, 2.05) is 30.9 Å². The van der Waals surface area contributed by atoms with Crippen molar-refractivity contribution in [2.45, 2.75) is 32.3 Å². The molecule has 3 rings (SSSR count). The molecule has 2 aromatic rings. The van der Waals surface area contributed by atoms with Crippen LogP contribution >= 0.6 is 11.3 Å². The van der Waals surface area contributed by atoms with Crippen LogP contribution in [0.5, 0.6) is 0 Å². The summed E-state index contributed by atoms with van der Waals surface area (Å²) < 4.78 is 6.58. The van der Waals surface area contributed by atoms with Gasteiger partial charge in [-0.25, -0.2) is 0 Å². The average Bonchev–Trinajstić information content (AvgIpc) is 3.22. The van der Waals surface area contributed by atoms with Crippen molar-refractivity contribution in [3.05, 3.63) is 34.7 Å². The minimum absolute atomic E-state index is 0.0289. The van der Waals surface area contributed by atoms with Crippen LogP contribution in [0, 0.1) is 0 Å². The highest BCUT2D eigenvalue weighted by molar-refractivity contribution is 7.21. The molecular formula is C20H26N2O3S. The first-order valence-corrected chi connectivity index (χ1v) is 9.82. The second kappa shape index (κ2) is 7.76. The normalized spacial score (nSPS) is 17.3. The fourth-order valence-electron chi connectivity index (χ4n) is 3.38. The van der Waals surface area contributed by atoms with Crippen molar-refractivity contribution in [2.75, 3.05) is 33.8 Å². The number of hydrogen-bond acceptors (Lipinski definition) is 4. The molecule has 6 heteroatoms. The molecule has 1 aromatic heterocycles. The Kier molecular flexibility index (Phi) is 5.63. The van der Waals surface area contributed by atoms with Gasteiger partial charge in [0.15, 0.2) is 0 Å². The first kappa shape index (κ1) is 18.9. The molecule has 5 nitrogen and oxygen atoms in total. The van der Waals surface area contributed by atoms with Crippen LogP contribution < -0.4 is 0 Å². The zero-order chi connectivity index (χ0) is 18.8. The molecule has 1 fully saturated rings. The van der Waals surface area contributed by atoms with Crippen LogP contribution in [0.3, 0.4) is 0 Å². The Morgan fingerprint density at radius 2 is 2.04 bits per heavy atom. The highest BCUT2D eigenvalue weighted by Crippen LogP contribution is 2.40. The molecule has 1 aromatic carbocycles. The number of ether oxygens (including phenoxy) is 1. The summed E-state index contributed by atoms with van der Waals surface area (Å²) in [6, 6.07) is 8.15. The van der Waals surface area contributed by atoms with Crippen molar-refractivity contribution in [3.63, 3.8) is 0 Å². The van der Waals surface area contributed by atoms with Crippen molar-refractivity contribution in [1.82, 2.24) is 9.80 Å². The molecule has 140 valence electrons. The predicted octanol–water partition coefficient (Wildman–Crippen LogP) is 3.34. The summed E-state index contributed by atoms with van der Waals surface area (Å²) in [7, 11) is 3.56. The molecule has 0 bridgehead atoms. The summed E-state index contributed by atoms with van der Waals surface area (Å²) in [4.78, 5) is 29.4. The summed E-state index contributed by atoms with van der Waals surface area (Å²) in [6.07, 6.45) is 0.921. The number of thiophene rings is 1. The average molecular weight is 375 g/mol. The third-order valence-electron chi connectivity index (χ3n) is 4.72. The maximum atomic E-state index is 12.7. The van der Waals surface area contributed by atoms with Gasteiger partial charge in [0.05, 0.1) is 11.0 Å². The number of fused-ring (bicyclic) bond motifs is 1. The number of hydrogen-bond donors (Lipinski definition) is 0. The molecule has 0 aliphatic carbocycles. The molecule has 1 atom stereocenters. The first-order valence-electron chi connectivity index (χ1n) is 9.01. The fourth-order valence-corrected chi connectivity index (χ4v) is 4.70. The van der Waals surface area contributed by atoms with Crippen molar-refractivity contribution < 1.29 is 14.3 Å². The Bertz CT molecular complexity index is 812. The fraction of sp³-hybridized carbons (Fsp3) is 0.500. The van der Waals surface area contributed by atoms with Gasteiger partial charge in [0.1, 0.15) is 6.61 Å². The lowest BCUT2D eigenvalue weighted by Crippen LogP contribution is -2.32. The highest BCUT2D eigenvalue weighted by atomic mass is 32.1. The number of amides is 2. The van der Waals surface area contributed by atoms with Gasteiger partial charge in [0, 0.05) is 37.8 Å². The molecule has 0 saturated carbocycles. The summed E-state index contributed by atoms with van der Waals surface area (Å²) in [5.74, 6) is 0.253. The number of carbonyl (C=O) groups excluding carboxylic acids is 2. The maximum Gasteiger partial charge on any atom is 0.263 e. The second-order valence-corrected chi connectivity index (χ2v) is 8.28. The number of nitrogens with zero attached hydrogens (tertiary/aromatic N) is 2. The van der Waals surface area contributed by atoms with E-state index in [4.69, 9.17) is 4.74 Å². The lowest BCUT2D eigenvalue weighted by Gasteiger charge is -2.18. The molecule has 26 heavy (non-hydrogen) atoms. The monoisotopic (exact) mass is 374 g/mol. The molecule has 2 heterocycles. The van der Waals surface area contributed by atoms with Crippen molar-refractivity contribution >= 4 is 33.2 Å². The van der Waals surface area contributed by atoms with E-state index in [0.717, 1.165) is 26.9 Å². The Morgan fingerprint density at radius 1 is 1.31 bits per heavy atom. The number of likely N-dealkylation sites (tertiary alicyclic amines) is 1. The Morgan fingerprint density at radius 3 is 2.73 bits per heavy atom. The van der Waals surface area contributed by atoms with E-state index in [9.17, 15) is 9.59 Å². The van der Waals surface area contributed by atoms with E-state index in [2.05, 4.69) is 12.1 Å². The Hall–Kier alpha value is -1.92. The van der Waals surface area contributed by atoms with E-state index in [0.29, 0.717) is 13.1 Å². The van der Waals surface area contributed by atoms with Crippen molar-refractivity contribution in [3.8, 4) is 0 Å². The largest absolute Gasteiger partial charge is 0.369 e. The third-order valence-corrected chi connectivity index (χ3v) is 5.90. The molecule has 0 N–H and O–H groups in total. The molecule has 1 aliphatic rings. The van der Waals surface area contributed by atoms with Crippen LogP contribution in [0.4, 0.5) is 0 Å². The minimum Gasteiger partial charge on any atom is -0.369 e. The van der Waals surface area contributed by atoms with Crippen LogP contribution in [-0.4, -0.2) is 61.5 Å². The van der Waals surface area contributed by atoms with Crippen LogP contribution in [-0.2, 0) is 9.53 Å². The summed E-state index contributed by atoms with van der Waals surface area (Å²) in [6.45, 7) is 5.34. The minimum atomic E-state index is 0.0289. The van der Waals surface area contributed by atoms with Crippen molar-refractivity contribution in [1.29, 1.82) is 0 Å². The van der Waals surface area contributed by atoms with Gasteiger partial charge in [-0.15, -0.1) is 11.3 Å². The smallest absolute Gasteiger partial charge is 0.263 e. The van der Waals surface area contributed by atoms with Crippen LogP contribution in [0.2, 0.25) is 0 Å². The number of carbonyl (C=O) groups is 2. The van der Waals surface area contributed by atoms with Gasteiger partial charge >= 0.3 is 0 Å². The predicted molar refractivity (Wildman–Crippen MR) is 105 cm³/mol. The Labute approximate surface area is 158 Å². The van der Waals surface area contributed by atoms with E-state index in [-0.39, 0.29) is 30.4 Å².